The number of fused-ring (bicyclic) bond motifs is 7. The minimum atomic E-state index is -0.0991. The Morgan fingerprint density at radius 2 is 1.96 bits per heavy atom. The molecule has 1 aliphatic carbocycles. The van der Waals surface area contributed by atoms with Gasteiger partial charge in [-0.3, -0.25) is 9.97 Å². The topological polar surface area (TPSA) is 35.0 Å². The van der Waals surface area contributed by atoms with E-state index in [1.807, 2.05) is 30.7 Å². The molecule has 0 bridgehead atoms. The molecule has 3 aromatic rings. The first kappa shape index (κ1) is 12.8. The summed E-state index contributed by atoms with van der Waals surface area (Å²) in [6, 6.07) is 10.5. The molecule has 112 valence electrons. The molecule has 3 heteroatoms. The first-order chi connectivity index (χ1) is 11.2. The fourth-order valence-electron chi connectivity index (χ4n) is 4.01. The minimum Gasteiger partial charge on any atom is -0.488 e. The molecule has 2 aliphatic rings. The van der Waals surface area contributed by atoms with E-state index in [-0.39, 0.29) is 5.41 Å². The van der Waals surface area contributed by atoms with E-state index in [1.54, 1.807) is 0 Å². The van der Waals surface area contributed by atoms with Crippen molar-refractivity contribution in [1.82, 2.24) is 9.97 Å². The van der Waals surface area contributed by atoms with Crippen molar-refractivity contribution in [2.24, 2.45) is 0 Å². The molecule has 0 amide bonds. The Kier molecular flexibility index (Phi) is 2.34. The summed E-state index contributed by atoms with van der Waals surface area (Å²) in [4.78, 5) is 8.99. The third-order valence-electron chi connectivity index (χ3n) is 5.09. The zero-order valence-corrected chi connectivity index (χ0v) is 13.1. The standard InChI is InChI=1S/C20H16N2O/c1-20(2)15-4-3-8-22-19(15)13-5-6-16-17(18(13)20)14-10-21-9-7-12(14)11-23-16/h3-10H,11H2,1-2H3. The van der Waals surface area contributed by atoms with Crippen LogP contribution in [-0.4, -0.2) is 9.97 Å². The van der Waals surface area contributed by atoms with E-state index in [4.69, 9.17) is 4.74 Å². The van der Waals surface area contributed by atoms with Gasteiger partial charge in [-0.05, 0) is 35.4 Å². The third-order valence-corrected chi connectivity index (χ3v) is 5.09. The maximum Gasteiger partial charge on any atom is 0.128 e. The van der Waals surface area contributed by atoms with Crippen molar-refractivity contribution in [3.8, 4) is 28.1 Å². The smallest absolute Gasteiger partial charge is 0.128 e. The van der Waals surface area contributed by atoms with Crippen LogP contribution < -0.4 is 4.74 Å². The third kappa shape index (κ3) is 1.54. The van der Waals surface area contributed by atoms with Gasteiger partial charge in [0.1, 0.15) is 12.4 Å². The summed E-state index contributed by atoms with van der Waals surface area (Å²) in [7, 11) is 0. The van der Waals surface area contributed by atoms with Gasteiger partial charge in [-0.2, -0.15) is 0 Å². The SMILES string of the molecule is CC1(C)c2cccnc2-c2ccc3c(c21)-c1cnccc1CO3. The average Bonchev–Trinajstić information content (AvgIpc) is 2.83. The number of aromatic nitrogens is 2. The van der Waals surface area contributed by atoms with Crippen LogP contribution in [0.15, 0.2) is 48.9 Å². The van der Waals surface area contributed by atoms with Gasteiger partial charge >= 0.3 is 0 Å². The van der Waals surface area contributed by atoms with Crippen molar-refractivity contribution >= 4 is 0 Å². The Morgan fingerprint density at radius 3 is 2.87 bits per heavy atom. The van der Waals surface area contributed by atoms with Gasteiger partial charge < -0.3 is 4.74 Å². The molecule has 2 aromatic heterocycles. The van der Waals surface area contributed by atoms with Crippen molar-refractivity contribution in [2.45, 2.75) is 25.9 Å². The Morgan fingerprint density at radius 1 is 1.04 bits per heavy atom. The second kappa shape index (κ2) is 4.19. The number of benzene rings is 1. The first-order valence-corrected chi connectivity index (χ1v) is 7.87. The van der Waals surface area contributed by atoms with Crippen LogP contribution in [0.25, 0.3) is 22.4 Å². The molecule has 0 fully saturated rings. The van der Waals surface area contributed by atoms with Crippen LogP contribution in [0, 0.1) is 0 Å². The number of pyridine rings is 2. The van der Waals surface area contributed by atoms with Crippen molar-refractivity contribution in [1.29, 1.82) is 0 Å². The van der Waals surface area contributed by atoms with Crippen molar-refractivity contribution < 1.29 is 4.74 Å². The van der Waals surface area contributed by atoms with Gasteiger partial charge in [-0.1, -0.05) is 19.9 Å². The fourth-order valence-corrected chi connectivity index (χ4v) is 4.01. The van der Waals surface area contributed by atoms with Gasteiger partial charge in [0, 0.05) is 46.3 Å². The van der Waals surface area contributed by atoms with E-state index in [1.165, 1.54) is 33.4 Å². The zero-order valence-electron chi connectivity index (χ0n) is 13.1. The van der Waals surface area contributed by atoms with Gasteiger partial charge in [0.25, 0.3) is 0 Å². The molecule has 0 spiro atoms. The molecule has 0 radical (unpaired) electrons. The Labute approximate surface area is 135 Å². The number of hydrogen-bond acceptors (Lipinski definition) is 3. The molecule has 0 saturated heterocycles. The predicted octanol–water partition coefficient (Wildman–Crippen LogP) is 4.34. The average molecular weight is 300 g/mol. The van der Waals surface area contributed by atoms with Crippen LogP contribution in [0.5, 0.6) is 5.75 Å². The molecular formula is C20H16N2O. The Balaban J connectivity index is 1.91. The lowest BCUT2D eigenvalue weighted by Crippen LogP contribution is -2.18. The minimum absolute atomic E-state index is 0.0991. The number of hydrogen-bond donors (Lipinski definition) is 0. The van der Waals surface area contributed by atoms with E-state index >= 15 is 0 Å². The molecule has 0 saturated carbocycles. The largest absolute Gasteiger partial charge is 0.488 e. The highest BCUT2D eigenvalue weighted by Gasteiger charge is 2.40. The molecule has 0 atom stereocenters. The normalized spacial score (nSPS) is 15.9. The summed E-state index contributed by atoms with van der Waals surface area (Å²) >= 11 is 0. The van der Waals surface area contributed by atoms with Crippen LogP contribution in [0.3, 0.4) is 0 Å². The van der Waals surface area contributed by atoms with Crippen molar-refractivity contribution in [2.75, 3.05) is 0 Å². The first-order valence-electron chi connectivity index (χ1n) is 7.87. The number of ether oxygens (including phenoxy) is 1. The lowest BCUT2D eigenvalue weighted by molar-refractivity contribution is 0.301. The van der Waals surface area contributed by atoms with Crippen LogP contribution in [0.4, 0.5) is 0 Å². The van der Waals surface area contributed by atoms with E-state index in [2.05, 4.69) is 42.0 Å². The Hall–Kier alpha value is -2.68. The lowest BCUT2D eigenvalue weighted by atomic mass is 9.78. The number of rotatable bonds is 0. The maximum absolute atomic E-state index is 6.02. The summed E-state index contributed by atoms with van der Waals surface area (Å²) in [5, 5.41) is 0. The van der Waals surface area contributed by atoms with Gasteiger partial charge in [-0.25, -0.2) is 0 Å². The van der Waals surface area contributed by atoms with Gasteiger partial charge in [0.2, 0.25) is 0 Å². The second-order valence-electron chi connectivity index (χ2n) is 6.71. The Bertz CT molecular complexity index is 960. The van der Waals surface area contributed by atoms with Gasteiger partial charge in [-0.15, -0.1) is 0 Å². The molecule has 1 aliphatic heterocycles. The lowest BCUT2D eigenvalue weighted by Gasteiger charge is -2.28. The molecule has 5 rings (SSSR count). The quantitative estimate of drug-likeness (QED) is 0.619. The molecular weight excluding hydrogens is 284 g/mol. The summed E-state index contributed by atoms with van der Waals surface area (Å²) in [6.45, 7) is 5.14. The molecule has 0 N–H and O–H groups in total. The fraction of sp³-hybridized carbons (Fsp3) is 0.200. The molecule has 1 aromatic carbocycles. The maximum atomic E-state index is 6.02. The number of nitrogens with zero attached hydrogens (tertiary/aromatic N) is 2. The molecule has 23 heavy (non-hydrogen) atoms. The summed E-state index contributed by atoms with van der Waals surface area (Å²) in [6.07, 6.45) is 5.66. The van der Waals surface area contributed by atoms with E-state index < -0.39 is 0 Å². The highest BCUT2D eigenvalue weighted by Crippen LogP contribution is 2.54. The molecule has 3 nitrogen and oxygen atoms in total. The van der Waals surface area contributed by atoms with E-state index in [0.717, 1.165) is 11.4 Å². The molecule has 0 unspecified atom stereocenters. The van der Waals surface area contributed by atoms with Gasteiger partial charge in [0.15, 0.2) is 0 Å². The summed E-state index contributed by atoms with van der Waals surface area (Å²) in [5.41, 5.74) is 8.35. The second-order valence-corrected chi connectivity index (χ2v) is 6.71. The van der Waals surface area contributed by atoms with Crippen molar-refractivity contribution in [3.63, 3.8) is 0 Å². The van der Waals surface area contributed by atoms with Gasteiger partial charge in [0.05, 0.1) is 5.69 Å². The monoisotopic (exact) mass is 300 g/mol. The summed E-state index contributed by atoms with van der Waals surface area (Å²) in [5.74, 6) is 0.949. The molecule has 3 heterocycles. The van der Waals surface area contributed by atoms with Crippen molar-refractivity contribution in [3.05, 3.63) is 65.6 Å². The highest BCUT2D eigenvalue weighted by molar-refractivity contribution is 5.90. The van der Waals surface area contributed by atoms with E-state index in [0.29, 0.717) is 6.61 Å². The van der Waals surface area contributed by atoms with Crippen LogP contribution in [-0.2, 0) is 12.0 Å². The van der Waals surface area contributed by atoms with Crippen LogP contribution >= 0.6 is 0 Å². The van der Waals surface area contributed by atoms with E-state index in [9.17, 15) is 0 Å². The highest BCUT2D eigenvalue weighted by atomic mass is 16.5. The predicted molar refractivity (Wildman–Crippen MR) is 89.4 cm³/mol. The van der Waals surface area contributed by atoms with Crippen LogP contribution in [0.1, 0.15) is 30.5 Å². The van der Waals surface area contributed by atoms with Crippen LogP contribution in [0.2, 0.25) is 0 Å². The summed E-state index contributed by atoms with van der Waals surface area (Å²) < 4.78 is 6.02. The zero-order chi connectivity index (χ0) is 15.6.